The molecule has 1 heterocycles. The van der Waals surface area contributed by atoms with Gasteiger partial charge in [-0.1, -0.05) is 24.4 Å². The number of rotatable bonds is 3. The smallest absolute Gasteiger partial charge is 0.140 e. The van der Waals surface area contributed by atoms with Crippen LogP contribution in [0.25, 0.3) is 0 Å². The molecule has 0 aliphatic heterocycles. The highest BCUT2D eigenvalue weighted by Gasteiger charge is 2.09. The Morgan fingerprint density at radius 3 is 2.68 bits per heavy atom. The normalized spacial score (nSPS) is 10.3. The number of aryl methyl sites for hydroxylation is 2. The number of nitrogens with one attached hydrogen (secondary N) is 1. The molecule has 2 aromatic rings. The molecule has 0 radical (unpaired) electrons. The molecule has 0 bridgehead atoms. The van der Waals surface area contributed by atoms with Crippen LogP contribution in [0, 0.1) is 13.8 Å². The molecule has 0 aliphatic rings. The van der Waals surface area contributed by atoms with Crippen molar-refractivity contribution in [2.45, 2.75) is 13.8 Å². The quantitative estimate of drug-likeness (QED) is 0.836. The zero-order chi connectivity index (χ0) is 14.0. The number of nitrogens with zero attached hydrogens (tertiary/aromatic N) is 1. The Morgan fingerprint density at radius 1 is 1.26 bits per heavy atom. The fourth-order valence-corrected chi connectivity index (χ4v) is 2.25. The van der Waals surface area contributed by atoms with Gasteiger partial charge in [-0.05, 0) is 53.5 Å². The van der Waals surface area contributed by atoms with Gasteiger partial charge in [-0.2, -0.15) is 0 Å². The van der Waals surface area contributed by atoms with Crippen molar-refractivity contribution in [3.63, 3.8) is 0 Å². The minimum Gasteiger partial charge on any atom is -0.389 e. The lowest BCUT2D eigenvalue weighted by Gasteiger charge is -2.13. The number of hydrogen-bond donors (Lipinski definition) is 2. The Balaban J connectivity index is 2.45. The molecule has 5 heteroatoms. The molecule has 2 rings (SSSR count). The molecule has 0 unspecified atom stereocenters. The molecule has 0 fully saturated rings. The molecule has 3 N–H and O–H groups in total. The van der Waals surface area contributed by atoms with E-state index in [-0.39, 0.29) is 0 Å². The second kappa shape index (κ2) is 5.67. The minimum absolute atomic E-state index is 0.332. The molecule has 98 valence electrons. The third-order valence-corrected chi connectivity index (χ3v) is 4.02. The number of halogens is 1. The highest BCUT2D eigenvalue weighted by molar-refractivity contribution is 9.10. The second-order valence-electron chi connectivity index (χ2n) is 4.27. The molecular weight excluding hydrogens is 322 g/mol. The average molecular weight is 336 g/mol. The van der Waals surface area contributed by atoms with Crippen LogP contribution in [0.1, 0.15) is 16.8 Å². The Kier molecular flexibility index (Phi) is 4.17. The first kappa shape index (κ1) is 14.0. The molecule has 1 aromatic carbocycles. The summed E-state index contributed by atoms with van der Waals surface area (Å²) in [5, 5.41) is 3.28. The summed E-state index contributed by atoms with van der Waals surface area (Å²) in [5.41, 5.74) is 9.47. The molecule has 3 nitrogen and oxygen atoms in total. The van der Waals surface area contributed by atoms with E-state index in [2.05, 4.69) is 26.2 Å². The fourth-order valence-electron chi connectivity index (χ4n) is 1.72. The summed E-state index contributed by atoms with van der Waals surface area (Å²) in [6.07, 6.45) is 0. The topological polar surface area (TPSA) is 50.9 Å². The Bertz CT molecular complexity index is 641. The van der Waals surface area contributed by atoms with E-state index >= 15 is 0 Å². The highest BCUT2D eigenvalue weighted by Crippen LogP contribution is 2.29. The van der Waals surface area contributed by atoms with Crippen molar-refractivity contribution in [3.05, 3.63) is 51.6 Å². The van der Waals surface area contributed by atoms with Gasteiger partial charge in [0.25, 0.3) is 0 Å². The van der Waals surface area contributed by atoms with Gasteiger partial charge in [0.1, 0.15) is 10.8 Å². The molecule has 0 saturated heterocycles. The van der Waals surface area contributed by atoms with E-state index in [4.69, 9.17) is 18.0 Å². The van der Waals surface area contributed by atoms with Crippen LogP contribution in [0.5, 0.6) is 0 Å². The van der Waals surface area contributed by atoms with Gasteiger partial charge in [0, 0.05) is 10.2 Å². The van der Waals surface area contributed by atoms with Crippen molar-refractivity contribution in [3.8, 4) is 0 Å². The number of anilines is 2. The van der Waals surface area contributed by atoms with Crippen LogP contribution in [0.3, 0.4) is 0 Å². The van der Waals surface area contributed by atoms with Crippen LogP contribution >= 0.6 is 28.1 Å². The largest absolute Gasteiger partial charge is 0.389 e. The standard InChI is InChI=1S/C14H14BrN3S/c1-8-4-3-5-11(12(8)15)18-14-10(13(16)19)7-6-9(2)17-14/h3-7H,1-2H3,(H2,16,19)(H,17,18). The summed E-state index contributed by atoms with van der Waals surface area (Å²) < 4.78 is 1.01. The second-order valence-corrected chi connectivity index (χ2v) is 5.51. The van der Waals surface area contributed by atoms with Gasteiger partial charge in [-0.3, -0.25) is 0 Å². The maximum atomic E-state index is 5.73. The van der Waals surface area contributed by atoms with Gasteiger partial charge < -0.3 is 11.1 Å². The van der Waals surface area contributed by atoms with Crippen LogP contribution < -0.4 is 11.1 Å². The Morgan fingerprint density at radius 2 is 2.00 bits per heavy atom. The van der Waals surface area contributed by atoms with Crippen molar-refractivity contribution in [2.75, 3.05) is 5.32 Å². The number of aromatic nitrogens is 1. The molecule has 0 aliphatic carbocycles. The van der Waals surface area contributed by atoms with Gasteiger partial charge in [0.2, 0.25) is 0 Å². The number of pyridine rings is 1. The molecule has 0 amide bonds. The van der Waals surface area contributed by atoms with E-state index in [1.54, 1.807) is 0 Å². The van der Waals surface area contributed by atoms with Crippen molar-refractivity contribution >= 4 is 44.6 Å². The number of nitrogens with two attached hydrogens (primary N) is 1. The van der Waals surface area contributed by atoms with Crippen molar-refractivity contribution in [1.82, 2.24) is 4.98 Å². The SMILES string of the molecule is Cc1ccc(C(N)=S)c(Nc2cccc(C)c2Br)n1. The fraction of sp³-hybridized carbons (Fsp3) is 0.143. The lowest BCUT2D eigenvalue weighted by Crippen LogP contribution is -2.13. The van der Waals surface area contributed by atoms with Crippen LogP contribution in [0.2, 0.25) is 0 Å². The van der Waals surface area contributed by atoms with Gasteiger partial charge in [-0.25, -0.2) is 4.98 Å². The highest BCUT2D eigenvalue weighted by atomic mass is 79.9. The molecule has 19 heavy (non-hydrogen) atoms. The molecular formula is C14H14BrN3S. The first-order valence-electron chi connectivity index (χ1n) is 5.78. The lowest BCUT2D eigenvalue weighted by atomic mass is 10.2. The first-order valence-corrected chi connectivity index (χ1v) is 6.98. The number of benzene rings is 1. The summed E-state index contributed by atoms with van der Waals surface area (Å²) in [6, 6.07) is 9.78. The van der Waals surface area contributed by atoms with E-state index in [9.17, 15) is 0 Å². The molecule has 0 saturated carbocycles. The Hall–Kier alpha value is -1.46. The third-order valence-electron chi connectivity index (χ3n) is 2.74. The first-order chi connectivity index (χ1) is 8.99. The molecule has 1 aromatic heterocycles. The summed E-state index contributed by atoms with van der Waals surface area (Å²) in [4.78, 5) is 4.79. The molecule has 0 spiro atoms. The van der Waals surface area contributed by atoms with Crippen molar-refractivity contribution < 1.29 is 0 Å². The van der Waals surface area contributed by atoms with Crippen molar-refractivity contribution in [2.24, 2.45) is 5.73 Å². The minimum atomic E-state index is 0.332. The van der Waals surface area contributed by atoms with Gasteiger partial charge in [0.05, 0.1) is 11.3 Å². The summed E-state index contributed by atoms with van der Waals surface area (Å²) in [6.45, 7) is 3.97. The zero-order valence-corrected chi connectivity index (χ0v) is 13.1. The van der Waals surface area contributed by atoms with E-state index < -0.39 is 0 Å². The van der Waals surface area contributed by atoms with Gasteiger partial charge in [-0.15, -0.1) is 0 Å². The number of thiocarbonyl (C=S) groups is 1. The van der Waals surface area contributed by atoms with Crippen LogP contribution in [0.4, 0.5) is 11.5 Å². The van der Waals surface area contributed by atoms with Gasteiger partial charge in [0.15, 0.2) is 0 Å². The number of hydrogen-bond acceptors (Lipinski definition) is 3. The molecule has 0 atom stereocenters. The van der Waals surface area contributed by atoms with Gasteiger partial charge >= 0.3 is 0 Å². The lowest BCUT2D eigenvalue weighted by molar-refractivity contribution is 1.19. The monoisotopic (exact) mass is 335 g/mol. The third kappa shape index (κ3) is 3.11. The Labute approximate surface area is 126 Å². The predicted octanol–water partition coefficient (Wildman–Crippen LogP) is 3.84. The summed E-state index contributed by atoms with van der Waals surface area (Å²) >= 11 is 8.62. The summed E-state index contributed by atoms with van der Waals surface area (Å²) in [5.74, 6) is 0.679. The average Bonchev–Trinajstić information content (AvgIpc) is 2.35. The maximum absolute atomic E-state index is 5.73. The maximum Gasteiger partial charge on any atom is 0.140 e. The van der Waals surface area contributed by atoms with Crippen LogP contribution in [-0.2, 0) is 0 Å². The van der Waals surface area contributed by atoms with E-state index in [0.717, 1.165) is 27.0 Å². The van der Waals surface area contributed by atoms with E-state index in [0.29, 0.717) is 10.8 Å². The van der Waals surface area contributed by atoms with Crippen LogP contribution in [0.15, 0.2) is 34.8 Å². The zero-order valence-electron chi connectivity index (χ0n) is 10.7. The summed E-state index contributed by atoms with van der Waals surface area (Å²) in [7, 11) is 0. The van der Waals surface area contributed by atoms with Crippen LogP contribution in [-0.4, -0.2) is 9.97 Å². The predicted molar refractivity (Wildman–Crippen MR) is 87.0 cm³/mol. The van der Waals surface area contributed by atoms with E-state index in [1.807, 2.05) is 44.2 Å². The van der Waals surface area contributed by atoms with E-state index in [1.165, 1.54) is 0 Å². The van der Waals surface area contributed by atoms with Crippen molar-refractivity contribution in [1.29, 1.82) is 0 Å².